The number of sulfonamides is 1. The van der Waals surface area contributed by atoms with Gasteiger partial charge in [0.2, 0.25) is 16.0 Å². The van der Waals surface area contributed by atoms with Crippen LogP contribution in [0.15, 0.2) is 65.8 Å². The van der Waals surface area contributed by atoms with Crippen LogP contribution in [0.1, 0.15) is 50.7 Å². The van der Waals surface area contributed by atoms with Gasteiger partial charge in [-0.2, -0.15) is 4.72 Å². The maximum absolute atomic E-state index is 13.0. The third kappa shape index (κ3) is 6.17. The SMILES string of the molecule is CCc1cc(C2=CNC(C)(NS(=O)(=O)c3ccccc3Cl)C=C2)cc2cnc(NC3CCC(N(C)C)CC3)nc12. The predicted octanol–water partition coefficient (Wildman–Crippen LogP) is 5.33. The van der Waals surface area contributed by atoms with Crippen molar-refractivity contribution in [1.29, 1.82) is 0 Å². The summed E-state index contributed by atoms with van der Waals surface area (Å²) < 4.78 is 28.7. The van der Waals surface area contributed by atoms with Crippen LogP contribution in [0.5, 0.6) is 0 Å². The monoisotopic (exact) mass is 580 g/mol. The molecule has 0 saturated heterocycles. The van der Waals surface area contributed by atoms with E-state index in [0.29, 0.717) is 18.0 Å². The third-order valence-electron chi connectivity index (χ3n) is 7.83. The Bertz CT molecular complexity index is 1560. The van der Waals surface area contributed by atoms with E-state index in [-0.39, 0.29) is 9.92 Å². The summed E-state index contributed by atoms with van der Waals surface area (Å²) in [6, 6.07) is 11.7. The maximum Gasteiger partial charge on any atom is 0.244 e. The van der Waals surface area contributed by atoms with E-state index in [0.717, 1.165) is 46.9 Å². The van der Waals surface area contributed by atoms with E-state index < -0.39 is 15.7 Å². The molecule has 1 aliphatic carbocycles. The summed E-state index contributed by atoms with van der Waals surface area (Å²) in [5.41, 5.74) is 3.02. The fraction of sp³-hybridized carbons (Fsp3) is 0.400. The van der Waals surface area contributed by atoms with E-state index >= 15 is 0 Å². The number of rotatable bonds is 8. The van der Waals surface area contributed by atoms with Gasteiger partial charge in [-0.05, 0) is 100 Å². The highest BCUT2D eigenvalue weighted by molar-refractivity contribution is 7.89. The average molecular weight is 581 g/mol. The number of dihydropyridines is 1. The zero-order valence-electron chi connectivity index (χ0n) is 23.4. The van der Waals surface area contributed by atoms with Gasteiger partial charge >= 0.3 is 0 Å². The molecule has 1 aromatic heterocycles. The van der Waals surface area contributed by atoms with Crippen molar-refractivity contribution >= 4 is 44.0 Å². The van der Waals surface area contributed by atoms with Gasteiger partial charge in [0, 0.05) is 29.9 Å². The lowest BCUT2D eigenvalue weighted by Gasteiger charge is -2.33. The van der Waals surface area contributed by atoms with Crippen LogP contribution >= 0.6 is 11.6 Å². The van der Waals surface area contributed by atoms with Gasteiger partial charge in [-0.3, -0.25) is 0 Å². The molecule has 40 heavy (non-hydrogen) atoms. The van der Waals surface area contributed by atoms with Crippen molar-refractivity contribution in [3.05, 3.63) is 77.1 Å². The number of anilines is 1. The van der Waals surface area contributed by atoms with Crippen LogP contribution in [-0.2, 0) is 16.4 Å². The lowest BCUT2D eigenvalue weighted by Crippen LogP contribution is -2.54. The minimum atomic E-state index is -3.84. The Hall–Kier alpha value is -2.98. The molecule has 3 aromatic rings. The van der Waals surface area contributed by atoms with Crippen LogP contribution in [-0.4, -0.2) is 55.1 Å². The number of hydrogen-bond acceptors (Lipinski definition) is 7. The van der Waals surface area contributed by atoms with Crippen LogP contribution < -0.4 is 15.4 Å². The molecular formula is C30H37ClN6O2S. The van der Waals surface area contributed by atoms with Crippen molar-refractivity contribution < 1.29 is 8.42 Å². The Morgan fingerprint density at radius 1 is 1.15 bits per heavy atom. The van der Waals surface area contributed by atoms with Crippen LogP contribution in [0.25, 0.3) is 16.5 Å². The number of allylic oxidation sites excluding steroid dienone is 2. The Kier molecular flexibility index (Phi) is 8.20. The molecule has 1 saturated carbocycles. The van der Waals surface area contributed by atoms with Crippen LogP contribution in [0, 0.1) is 0 Å². The molecule has 1 aliphatic heterocycles. The topological polar surface area (TPSA) is 99.2 Å². The Morgan fingerprint density at radius 3 is 2.55 bits per heavy atom. The summed E-state index contributed by atoms with van der Waals surface area (Å²) >= 11 is 6.14. The van der Waals surface area contributed by atoms with Crippen molar-refractivity contribution in [2.45, 2.75) is 68.6 Å². The second-order valence-corrected chi connectivity index (χ2v) is 13.1. The number of benzene rings is 2. The highest BCUT2D eigenvalue weighted by Gasteiger charge is 2.30. The molecule has 10 heteroatoms. The molecule has 0 amide bonds. The molecule has 2 heterocycles. The van der Waals surface area contributed by atoms with Crippen molar-refractivity contribution in [3.8, 4) is 0 Å². The van der Waals surface area contributed by atoms with Crippen molar-refractivity contribution in [1.82, 2.24) is 24.9 Å². The molecule has 0 spiro atoms. The average Bonchev–Trinajstić information content (AvgIpc) is 2.93. The number of aromatic nitrogens is 2. The van der Waals surface area contributed by atoms with E-state index in [1.54, 1.807) is 31.2 Å². The molecule has 212 valence electrons. The van der Waals surface area contributed by atoms with Crippen LogP contribution in [0.3, 0.4) is 0 Å². The molecule has 5 rings (SSSR count). The summed E-state index contributed by atoms with van der Waals surface area (Å²) in [6.07, 6.45) is 12.9. The van der Waals surface area contributed by atoms with Crippen LogP contribution in [0.2, 0.25) is 5.02 Å². The van der Waals surface area contributed by atoms with Gasteiger partial charge in [-0.25, -0.2) is 18.4 Å². The van der Waals surface area contributed by atoms with E-state index in [4.69, 9.17) is 16.6 Å². The third-order valence-corrected chi connectivity index (χ3v) is 9.90. The van der Waals surface area contributed by atoms with E-state index in [1.165, 1.54) is 18.9 Å². The van der Waals surface area contributed by atoms with E-state index in [1.807, 2.05) is 18.5 Å². The molecule has 1 unspecified atom stereocenters. The molecule has 1 atom stereocenters. The Morgan fingerprint density at radius 2 is 1.90 bits per heavy atom. The fourth-order valence-electron chi connectivity index (χ4n) is 5.46. The molecule has 2 aliphatic rings. The first kappa shape index (κ1) is 28.5. The number of fused-ring (bicyclic) bond motifs is 1. The number of aryl methyl sites for hydroxylation is 1. The summed E-state index contributed by atoms with van der Waals surface area (Å²) in [5, 5.41) is 7.93. The van der Waals surface area contributed by atoms with Crippen molar-refractivity contribution in [2.75, 3.05) is 19.4 Å². The summed E-state index contributed by atoms with van der Waals surface area (Å²) in [5.74, 6) is 0.684. The molecule has 2 aromatic carbocycles. The second kappa shape index (κ2) is 11.5. The highest BCUT2D eigenvalue weighted by Crippen LogP contribution is 2.30. The van der Waals surface area contributed by atoms with Gasteiger partial charge in [0.05, 0.1) is 10.5 Å². The molecular weight excluding hydrogens is 544 g/mol. The lowest BCUT2D eigenvalue weighted by atomic mass is 9.90. The number of nitrogens with zero attached hydrogens (tertiary/aromatic N) is 3. The lowest BCUT2D eigenvalue weighted by molar-refractivity contribution is 0.221. The molecule has 3 N–H and O–H groups in total. The summed E-state index contributed by atoms with van der Waals surface area (Å²) in [7, 11) is 0.470. The zero-order chi connectivity index (χ0) is 28.5. The standard InChI is InChI=1S/C30H37ClN6O2S/c1-5-20-16-22(17-23-18-32-29(35-28(20)23)34-24-10-12-25(13-11-24)37(3)4)21-14-15-30(2,33-19-21)36-40(38,39)27-9-7-6-8-26(27)31/h6-9,14-19,24-25,33,36H,5,10-13H2,1-4H3,(H,32,34,35). The smallest absolute Gasteiger partial charge is 0.244 e. The van der Waals surface area contributed by atoms with Gasteiger partial charge in [0.25, 0.3) is 0 Å². The summed E-state index contributed by atoms with van der Waals surface area (Å²) in [4.78, 5) is 11.9. The first-order chi connectivity index (χ1) is 19.1. The minimum Gasteiger partial charge on any atom is -0.369 e. The number of hydrogen-bond donors (Lipinski definition) is 3. The van der Waals surface area contributed by atoms with Gasteiger partial charge < -0.3 is 15.5 Å². The molecule has 0 bridgehead atoms. The quantitative estimate of drug-likeness (QED) is 0.331. The minimum absolute atomic E-state index is 0.0417. The van der Waals surface area contributed by atoms with E-state index in [2.05, 4.69) is 58.4 Å². The first-order valence-corrected chi connectivity index (χ1v) is 15.6. The van der Waals surface area contributed by atoms with Crippen LogP contribution in [0.4, 0.5) is 5.95 Å². The van der Waals surface area contributed by atoms with Crippen molar-refractivity contribution in [3.63, 3.8) is 0 Å². The molecule has 0 radical (unpaired) electrons. The second-order valence-electron chi connectivity index (χ2n) is 11.0. The Labute approximate surface area is 242 Å². The van der Waals surface area contributed by atoms with Gasteiger partial charge in [-0.15, -0.1) is 0 Å². The molecule has 8 nitrogen and oxygen atoms in total. The predicted molar refractivity (Wildman–Crippen MR) is 163 cm³/mol. The summed E-state index contributed by atoms with van der Waals surface area (Å²) in [6.45, 7) is 3.89. The largest absolute Gasteiger partial charge is 0.369 e. The highest BCUT2D eigenvalue weighted by atomic mass is 35.5. The fourth-order valence-corrected chi connectivity index (χ4v) is 7.28. The first-order valence-electron chi connectivity index (χ1n) is 13.8. The number of nitrogens with one attached hydrogen (secondary N) is 3. The van der Waals surface area contributed by atoms with Gasteiger partial charge in [0.1, 0.15) is 10.6 Å². The Balaban J connectivity index is 1.32. The van der Waals surface area contributed by atoms with Gasteiger partial charge in [-0.1, -0.05) is 36.7 Å². The number of halogens is 1. The normalized spacial score (nSPS) is 23.2. The molecule has 1 fully saturated rings. The van der Waals surface area contributed by atoms with E-state index in [9.17, 15) is 8.42 Å². The zero-order valence-corrected chi connectivity index (χ0v) is 25.0. The van der Waals surface area contributed by atoms with Gasteiger partial charge in [0.15, 0.2) is 0 Å². The van der Waals surface area contributed by atoms with Crippen molar-refractivity contribution in [2.24, 2.45) is 0 Å². The maximum atomic E-state index is 13.0.